The maximum absolute atomic E-state index is 14.1. The Morgan fingerprint density at radius 1 is 0.861 bits per heavy atom. The molecule has 0 bridgehead atoms. The predicted octanol–water partition coefficient (Wildman–Crippen LogP) is 6.77. The molecule has 0 aromatic heterocycles. The number of methoxy groups -OCH3 is 1. The van der Waals surface area contributed by atoms with E-state index < -0.39 is 11.8 Å². The lowest BCUT2D eigenvalue weighted by atomic mass is 9.90. The van der Waals surface area contributed by atoms with Crippen molar-refractivity contribution in [2.45, 2.75) is 6.54 Å². The lowest BCUT2D eigenvalue weighted by Gasteiger charge is -2.18. The quantitative estimate of drug-likeness (QED) is 0.226. The minimum Gasteiger partial charge on any atom is -0.465 e. The van der Waals surface area contributed by atoms with Gasteiger partial charge in [0.25, 0.3) is 5.91 Å². The van der Waals surface area contributed by atoms with Gasteiger partial charge in [-0.05, 0) is 47.0 Å². The van der Waals surface area contributed by atoms with Crippen molar-refractivity contribution in [2.75, 3.05) is 12.0 Å². The number of hydrogen-bond acceptors (Lipinski definition) is 3. The molecule has 0 spiro atoms. The second-order valence-corrected chi connectivity index (χ2v) is 8.75. The first-order valence-corrected chi connectivity index (χ1v) is 11.7. The molecule has 0 unspecified atom stereocenters. The van der Waals surface area contributed by atoms with Crippen molar-refractivity contribution in [1.29, 1.82) is 0 Å². The van der Waals surface area contributed by atoms with E-state index in [0.717, 1.165) is 22.4 Å². The smallest absolute Gasteiger partial charge is 0.337 e. The Bertz CT molecular complexity index is 1510. The highest BCUT2D eigenvalue weighted by atomic mass is 35.5. The summed E-state index contributed by atoms with van der Waals surface area (Å²) in [5.74, 6) is -1.16. The average Bonchev–Trinajstić information content (AvgIpc) is 3.18. The van der Waals surface area contributed by atoms with Gasteiger partial charge in [0.1, 0.15) is 5.82 Å². The molecule has 0 N–H and O–H groups in total. The monoisotopic (exact) mass is 497 g/mol. The van der Waals surface area contributed by atoms with Crippen molar-refractivity contribution in [2.24, 2.45) is 0 Å². The van der Waals surface area contributed by atoms with Gasteiger partial charge in [0, 0.05) is 11.1 Å². The first kappa shape index (κ1) is 23.5. The molecule has 0 atom stereocenters. The zero-order valence-corrected chi connectivity index (χ0v) is 20.1. The Hall–Kier alpha value is -4.22. The summed E-state index contributed by atoms with van der Waals surface area (Å²) in [6.07, 6.45) is 0. The normalized spacial score (nSPS) is 14.0. The molecule has 0 saturated heterocycles. The van der Waals surface area contributed by atoms with Crippen molar-refractivity contribution >= 4 is 40.3 Å². The fraction of sp³-hybridized carbons (Fsp3) is 0.0667. The number of benzene rings is 4. The fourth-order valence-electron chi connectivity index (χ4n) is 4.49. The summed E-state index contributed by atoms with van der Waals surface area (Å²) in [5.41, 5.74) is 5.34. The van der Waals surface area contributed by atoms with Crippen LogP contribution in [0.15, 0.2) is 97.1 Å². The summed E-state index contributed by atoms with van der Waals surface area (Å²) in [4.78, 5) is 27.8. The predicted molar refractivity (Wildman–Crippen MR) is 139 cm³/mol. The maximum atomic E-state index is 14.1. The van der Waals surface area contributed by atoms with Crippen LogP contribution in [0.25, 0.3) is 11.1 Å². The molecule has 5 rings (SSSR count). The highest BCUT2D eigenvalue weighted by molar-refractivity contribution is 6.39. The summed E-state index contributed by atoms with van der Waals surface area (Å²) in [7, 11) is 1.33. The number of nitrogens with zero attached hydrogens (tertiary/aromatic N) is 1. The Labute approximate surface area is 213 Å². The SMILES string of the molecule is COC(=O)c1cccc(CN2C(=O)/C(=C(\c3ccccc3)c3ccc(F)c(Cl)c3)c3ccccc32)c1. The Morgan fingerprint density at radius 3 is 2.33 bits per heavy atom. The van der Waals surface area contributed by atoms with Gasteiger partial charge in [0.2, 0.25) is 0 Å². The minimum atomic E-state index is -0.525. The van der Waals surface area contributed by atoms with Gasteiger partial charge in [0.15, 0.2) is 0 Å². The number of amides is 1. The number of fused-ring (bicyclic) bond motifs is 1. The van der Waals surface area contributed by atoms with Crippen molar-refractivity contribution in [3.8, 4) is 0 Å². The largest absolute Gasteiger partial charge is 0.465 e. The Balaban J connectivity index is 1.68. The highest BCUT2D eigenvalue weighted by Gasteiger charge is 2.35. The number of para-hydroxylation sites is 1. The van der Waals surface area contributed by atoms with Crippen LogP contribution in [-0.4, -0.2) is 19.0 Å². The molecule has 0 aliphatic carbocycles. The van der Waals surface area contributed by atoms with Crippen LogP contribution >= 0.6 is 11.6 Å². The van der Waals surface area contributed by atoms with Crippen LogP contribution in [0.2, 0.25) is 5.02 Å². The molecule has 4 aromatic carbocycles. The molecule has 6 heteroatoms. The molecule has 4 nitrogen and oxygen atoms in total. The first-order chi connectivity index (χ1) is 17.5. The van der Waals surface area contributed by atoms with Crippen LogP contribution in [0.1, 0.15) is 32.6 Å². The van der Waals surface area contributed by atoms with Gasteiger partial charge in [-0.1, -0.05) is 78.3 Å². The fourth-order valence-corrected chi connectivity index (χ4v) is 4.67. The standard InChI is InChI=1S/C30H21ClFNO3/c1-36-30(35)22-11-7-8-19(16-22)18-33-26-13-6-5-12-23(26)28(29(33)34)27(20-9-3-2-4-10-20)21-14-15-25(32)24(31)17-21/h2-17H,18H2,1H3/b28-27+. The lowest BCUT2D eigenvalue weighted by Crippen LogP contribution is -2.26. The average molecular weight is 498 g/mol. The van der Waals surface area contributed by atoms with Crippen LogP contribution in [0, 0.1) is 5.82 Å². The van der Waals surface area contributed by atoms with E-state index >= 15 is 0 Å². The van der Waals surface area contributed by atoms with E-state index in [9.17, 15) is 14.0 Å². The number of anilines is 1. The second kappa shape index (κ2) is 9.80. The van der Waals surface area contributed by atoms with Gasteiger partial charge in [-0.2, -0.15) is 0 Å². The number of esters is 1. The van der Waals surface area contributed by atoms with E-state index in [-0.39, 0.29) is 17.5 Å². The van der Waals surface area contributed by atoms with Crippen molar-refractivity contribution in [1.82, 2.24) is 0 Å². The van der Waals surface area contributed by atoms with E-state index in [1.807, 2.05) is 60.7 Å². The molecule has 1 amide bonds. The van der Waals surface area contributed by atoms with Crippen molar-refractivity contribution < 1.29 is 18.7 Å². The number of carbonyl (C=O) groups is 2. The molecule has 0 fully saturated rings. The van der Waals surface area contributed by atoms with Crippen molar-refractivity contribution in [3.05, 3.63) is 136 Å². The number of rotatable bonds is 5. The molecular formula is C30H21ClFNO3. The zero-order valence-electron chi connectivity index (χ0n) is 19.4. The molecule has 36 heavy (non-hydrogen) atoms. The molecule has 1 heterocycles. The van der Waals surface area contributed by atoms with Crippen LogP contribution in [0.5, 0.6) is 0 Å². The van der Waals surface area contributed by atoms with Gasteiger partial charge >= 0.3 is 5.97 Å². The van der Waals surface area contributed by atoms with Crippen LogP contribution in [0.4, 0.5) is 10.1 Å². The third-order valence-corrected chi connectivity index (χ3v) is 6.42. The lowest BCUT2D eigenvalue weighted by molar-refractivity contribution is -0.113. The number of hydrogen-bond donors (Lipinski definition) is 0. The highest BCUT2D eigenvalue weighted by Crippen LogP contribution is 2.44. The molecule has 1 aliphatic rings. The minimum absolute atomic E-state index is 0.0169. The summed E-state index contributed by atoms with van der Waals surface area (Å²) in [6, 6.07) is 28.6. The Morgan fingerprint density at radius 2 is 1.58 bits per heavy atom. The molecule has 4 aromatic rings. The number of halogens is 2. The van der Waals surface area contributed by atoms with Gasteiger partial charge in [-0.25, -0.2) is 9.18 Å². The van der Waals surface area contributed by atoms with Gasteiger partial charge in [0.05, 0.1) is 35.5 Å². The first-order valence-electron chi connectivity index (χ1n) is 11.3. The van der Waals surface area contributed by atoms with E-state index in [2.05, 4.69) is 0 Å². The molecule has 0 radical (unpaired) electrons. The summed E-state index contributed by atoms with van der Waals surface area (Å²) in [6.45, 7) is 0.260. The molecule has 1 aliphatic heterocycles. The van der Waals surface area contributed by atoms with Crippen LogP contribution in [0.3, 0.4) is 0 Å². The third kappa shape index (κ3) is 4.30. The van der Waals surface area contributed by atoms with Gasteiger partial charge in [-0.3, -0.25) is 4.79 Å². The maximum Gasteiger partial charge on any atom is 0.337 e. The third-order valence-electron chi connectivity index (χ3n) is 6.13. The van der Waals surface area contributed by atoms with Crippen LogP contribution < -0.4 is 4.90 Å². The van der Waals surface area contributed by atoms with Gasteiger partial charge in [-0.15, -0.1) is 0 Å². The molecule has 178 valence electrons. The topological polar surface area (TPSA) is 46.6 Å². The van der Waals surface area contributed by atoms with Crippen LogP contribution in [-0.2, 0) is 16.1 Å². The van der Waals surface area contributed by atoms with E-state index in [0.29, 0.717) is 22.3 Å². The summed E-state index contributed by atoms with van der Waals surface area (Å²) < 4.78 is 18.9. The zero-order chi connectivity index (χ0) is 25.2. The molecule has 0 saturated carbocycles. The number of ether oxygens (including phenoxy) is 1. The molecular weight excluding hydrogens is 477 g/mol. The van der Waals surface area contributed by atoms with E-state index in [4.69, 9.17) is 16.3 Å². The number of carbonyl (C=O) groups excluding carboxylic acids is 2. The van der Waals surface area contributed by atoms with E-state index in [1.54, 1.807) is 35.2 Å². The van der Waals surface area contributed by atoms with Gasteiger partial charge < -0.3 is 9.64 Å². The van der Waals surface area contributed by atoms with E-state index in [1.165, 1.54) is 13.2 Å². The summed E-state index contributed by atoms with van der Waals surface area (Å²) >= 11 is 6.15. The second-order valence-electron chi connectivity index (χ2n) is 8.35. The Kier molecular flexibility index (Phi) is 6.40. The van der Waals surface area contributed by atoms with Crippen molar-refractivity contribution in [3.63, 3.8) is 0 Å². The summed E-state index contributed by atoms with van der Waals surface area (Å²) in [5, 5.41) is -0.0169.